The monoisotopic (exact) mass is 560 g/mol. The van der Waals surface area contributed by atoms with E-state index in [1.807, 2.05) is 48.5 Å². The molecule has 5 aromatic carbocycles. The Morgan fingerprint density at radius 1 is 0.628 bits per heavy atom. The Bertz CT molecular complexity index is 1780. The second kappa shape index (κ2) is 10.6. The van der Waals surface area contributed by atoms with Crippen LogP contribution in [0.15, 0.2) is 146 Å². The summed E-state index contributed by atoms with van der Waals surface area (Å²) in [6, 6.07) is 41.5. The van der Waals surface area contributed by atoms with Crippen LogP contribution in [-0.4, -0.2) is 10.2 Å². The van der Waals surface area contributed by atoms with Gasteiger partial charge in [0, 0.05) is 17.0 Å². The third-order valence-corrected chi connectivity index (χ3v) is 9.73. The summed E-state index contributed by atoms with van der Waals surface area (Å²) in [5.74, 6) is 0.130. The van der Waals surface area contributed by atoms with Crippen molar-refractivity contribution < 1.29 is 10.2 Å². The lowest BCUT2D eigenvalue weighted by Crippen LogP contribution is -2.32. The van der Waals surface area contributed by atoms with E-state index < -0.39 is 11.2 Å². The summed E-state index contributed by atoms with van der Waals surface area (Å²) in [5, 5.41) is 24.3. The van der Waals surface area contributed by atoms with Gasteiger partial charge in [0.15, 0.2) is 0 Å². The fraction of sp³-hybridized carbons (Fsp3) is 0.171. The lowest BCUT2D eigenvalue weighted by molar-refractivity contribution is 0.0431. The highest BCUT2D eigenvalue weighted by Crippen LogP contribution is 2.53. The van der Waals surface area contributed by atoms with Crippen molar-refractivity contribution in [2.24, 2.45) is 5.92 Å². The Morgan fingerprint density at radius 2 is 1.12 bits per heavy atom. The van der Waals surface area contributed by atoms with E-state index in [-0.39, 0.29) is 11.8 Å². The molecule has 2 aliphatic rings. The third kappa shape index (κ3) is 4.25. The van der Waals surface area contributed by atoms with Crippen molar-refractivity contribution in [2.45, 2.75) is 36.9 Å². The van der Waals surface area contributed by atoms with Crippen LogP contribution >= 0.6 is 0 Å². The van der Waals surface area contributed by atoms with Crippen LogP contribution in [0.25, 0.3) is 11.1 Å². The minimum absolute atomic E-state index is 0.0686. The Labute approximate surface area is 254 Å². The lowest BCUT2D eigenvalue weighted by atomic mass is 9.78. The molecule has 0 saturated heterocycles. The van der Waals surface area contributed by atoms with Gasteiger partial charge in [0.1, 0.15) is 11.2 Å². The van der Waals surface area contributed by atoms with E-state index in [0.717, 1.165) is 51.8 Å². The van der Waals surface area contributed by atoms with E-state index in [4.69, 9.17) is 0 Å². The van der Waals surface area contributed by atoms with Crippen LogP contribution in [0.4, 0.5) is 0 Å². The maximum Gasteiger partial charge on any atom is 0.141 e. The van der Waals surface area contributed by atoms with Crippen molar-refractivity contribution in [2.75, 3.05) is 0 Å². The van der Waals surface area contributed by atoms with Gasteiger partial charge in [-0.2, -0.15) is 0 Å². The highest BCUT2D eigenvalue weighted by atomic mass is 16.3. The van der Waals surface area contributed by atoms with Gasteiger partial charge in [0.25, 0.3) is 0 Å². The fourth-order valence-corrected chi connectivity index (χ4v) is 7.48. The summed E-state index contributed by atoms with van der Waals surface area (Å²) in [6.07, 6.45) is 7.59. The number of aliphatic hydroxyl groups is 2. The molecule has 0 fully saturated rings. The van der Waals surface area contributed by atoms with E-state index in [1.165, 1.54) is 16.7 Å². The number of allylic oxidation sites excluding steroid dienone is 2. The topological polar surface area (TPSA) is 40.5 Å². The van der Waals surface area contributed by atoms with E-state index >= 15 is 0 Å². The number of fused-ring (bicyclic) bond motifs is 4. The van der Waals surface area contributed by atoms with Gasteiger partial charge in [-0.05, 0) is 63.3 Å². The van der Waals surface area contributed by atoms with Crippen molar-refractivity contribution in [1.82, 2.24) is 0 Å². The molecule has 0 aliphatic heterocycles. The van der Waals surface area contributed by atoms with E-state index in [9.17, 15) is 10.2 Å². The maximum atomic E-state index is 12.2. The molecule has 2 N–H and O–H groups in total. The molecule has 3 atom stereocenters. The highest BCUT2D eigenvalue weighted by Gasteiger charge is 2.49. The normalized spacial score (nSPS) is 21.4. The van der Waals surface area contributed by atoms with Gasteiger partial charge in [0.2, 0.25) is 0 Å². The van der Waals surface area contributed by atoms with Crippen LogP contribution in [-0.2, 0) is 24.0 Å². The first-order chi connectivity index (χ1) is 21.0. The molecule has 0 radical (unpaired) electrons. The summed E-state index contributed by atoms with van der Waals surface area (Å²) < 4.78 is 0. The van der Waals surface area contributed by atoms with Crippen LogP contribution < -0.4 is 0 Å². The first kappa shape index (κ1) is 27.3. The summed E-state index contributed by atoms with van der Waals surface area (Å²) in [5.41, 5.74) is 8.27. The molecule has 0 aromatic heterocycles. The molecule has 0 amide bonds. The number of aryl methyl sites for hydroxylation is 2. The third-order valence-electron chi connectivity index (χ3n) is 9.73. The second-order valence-corrected chi connectivity index (χ2v) is 12.0. The molecule has 5 aromatic rings. The standard InChI is InChI=1S/C41H36O2/c1-3-4-14-36-28(2)33-11-5-8-15-37(33)40(36,42)31-24-20-29(21-25-31)18-19-30-22-26-32(27-23-30)41(43)38-16-9-6-12-34(38)35-13-7-10-17-39(35)41/h3-17,20-28,36,42-43H,1,18-19H2,2H3. The molecule has 2 heteroatoms. The van der Waals surface area contributed by atoms with Crippen LogP contribution in [0.1, 0.15) is 57.3 Å². The van der Waals surface area contributed by atoms with Gasteiger partial charge in [-0.25, -0.2) is 0 Å². The summed E-state index contributed by atoms with van der Waals surface area (Å²) in [4.78, 5) is 0. The average molecular weight is 561 g/mol. The summed E-state index contributed by atoms with van der Waals surface area (Å²) >= 11 is 0. The van der Waals surface area contributed by atoms with Gasteiger partial charge in [0.05, 0.1) is 0 Å². The zero-order valence-corrected chi connectivity index (χ0v) is 24.4. The Morgan fingerprint density at radius 3 is 1.67 bits per heavy atom. The zero-order chi connectivity index (χ0) is 29.6. The number of benzene rings is 5. The Hall–Kier alpha value is -4.50. The zero-order valence-electron chi connectivity index (χ0n) is 24.4. The van der Waals surface area contributed by atoms with Gasteiger partial charge in [-0.15, -0.1) is 0 Å². The minimum Gasteiger partial charge on any atom is -0.380 e. The van der Waals surface area contributed by atoms with E-state index in [1.54, 1.807) is 6.08 Å². The molecule has 2 aliphatic carbocycles. The lowest BCUT2D eigenvalue weighted by Gasteiger charge is -2.32. The van der Waals surface area contributed by atoms with E-state index in [2.05, 4.69) is 98.4 Å². The second-order valence-electron chi connectivity index (χ2n) is 12.0. The molecular formula is C41H36O2. The van der Waals surface area contributed by atoms with Crippen molar-refractivity contribution >= 4 is 0 Å². The first-order valence-corrected chi connectivity index (χ1v) is 15.2. The molecular weight excluding hydrogens is 524 g/mol. The molecule has 0 saturated carbocycles. The number of hydrogen-bond acceptors (Lipinski definition) is 2. The molecule has 212 valence electrons. The molecule has 0 heterocycles. The van der Waals surface area contributed by atoms with Gasteiger partial charge < -0.3 is 10.2 Å². The van der Waals surface area contributed by atoms with Crippen molar-refractivity contribution in [3.63, 3.8) is 0 Å². The Balaban J connectivity index is 1.11. The quantitative estimate of drug-likeness (QED) is 0.196. The molecule has 3 unspecified atom stereocenters. The van der Waals surface area contributed by atoms with Gasteiger partial charge in [-0.1, -0.05) is 153 Å². The molecule has 7 rings (SSSR count). The van der Waals surface area contributed by atoms with Crippen LogP contribution in [0.2, 0.25) is 0 Å². The van der Waals surface area contributed by atoms with Gasteiger partial charge in [-0.3, -0.25) is 0 Å². The maximum absolute atomic E-state index is 12.2. The Kier molecular flexibility index (Phi) is 6.77. The predicted octanol–water partition coefficient (Wildman–Crippen LogP) is 8.45. The van der Waals surface area contributed by atoms with Crippen molar-refractivity contribution in [1.29, 1.82) is 0 Å². The largest absolute Gasteiger partial charge is 0.380 e. The molecule has 0 bridgehead atoms. The van der Waals surface area contributed by atoms with Crippen molar-refractivity contribution in [3.8, 4) is 11.1 Å². The van der Waals surface area contributed by atoms with Crippen LogP contribution in [0.5, 0.6) is 0 Å². The fourth-order valence-electron chi connectivity index (χ4n) is 7.48. The highest BCUT2D eigenvalue weighted by molar-refractivity contribution is 5.82. The van der Waals surface area contributed by atoms with E-state index in [0.29, 0.717) is 0 Å². The molecule has 2 nitrogen and oxygen atoms in total. The average Bonchev–Trinajstić information content (AvgIpc) is 3.45. The minimum atomic E-state index is -1.16. The predicted molar refractivity (Wildman–Crippen MR) is 175 cm³/mol. The smallest absolute Gasteiger partial charge is 0.141 e. The summed E-state index contributed by atoms with van der Waals surface area (Å²) in [7, 11) is 0. The van der Waals surface area contributed by atoms with Crippen LogP contribution in [0.3, 0.4) is 0 Å². The molecule has 43 heavy (non-hydrogen) atoms. The number of hydrogen-bond donors (Lipinski definition) is 2. The van der Waals surface area contributed by atoms with Crippen LogP contribution in [0, 0.1) is 5.92 Å². The summed E-state index contributed by atoms with van der Waals surface area (Å²) in [6.45, 7) is 6.03. The number of rotatable bonds is 7. The van der Waals surface area contributed by atoms with Gasteiger partial charge >= 0.3 is 0 Å². The van der Waals surface area contributed by atoms with Crippen molar-refractivity contribution in [3.05, 3.63) is 191 Å². The first-order valence-electron chi connectivity index (χ1n) is 15.2. The molecule has 0 spiro atoms. The SMILES string of the molecule is C=CC=CC1C(C)c2ccccc2C1(O)c1ccc(CCc2ccc(C3(O)c4ccccc4-c4ccccc43)cc2)cc1.